The number of non-ortho nitro benzene ring substituents is 1. The van der Waals surface area contributed by atoms with Crippen LogP contribution < -0.4 is 10.6 Å². The molecule has 3 aromatic carbocycles. The number of hydrogen-bond donors (Lipinski definition) is 2. The SMILES string of the molecule is Cc1ccc(NC(=O)CSc2ccc(NC(=O)c3ccc([N+](=O)[O-])cc3)cc2)cc1C. The van der Waals surface area contributed by atoms with Crippen molar-refractivity contribution in [3.63, 3.8) is 0 Å². The van der Waals surface area contributed by atoms with E-state index in [0.29, 0.717) is 11.3 Å². The maximum atomic E-state index is 12.3. The van der Waals surface area contributed by atoms with Crippen molar-refractivity contribution in [2.24, 2.45) is 0 Å². The highest BCUT2D eigenvalue weighted by Gasteiger charge is 2.10. The van der Waals surface area contributed by atoms with Crippen molar-refractivity contribution in [1.29, 1.82) is 0 Å². The molecule has 3 rings (SSSR count). The molecule has 0 aliphatic rings. The lowest BCUT2D eigenvalue weighted by atomic mass is 10.1. The number of anilines is 2. The number of nitro benzene ring substituents is 1. The summed E-state index contributed by atoms with van der Waals surface area (Å²) in [6.45, 7) is 4.02. The number of nitro groups is 1. The van der Waals surface area contributed by atoms with Crippen molar-refractivity contribution >= 4 is 40.6 Å². The van der Waals surface area contributed by atoms with Crippen molar-refractivity contribution < 1.29 is 14.5 Å². The second kappa shape index (κ2) is 9.90. The van der Waals surface area contributed by atoms with Crippen LogP contribution in [0.5, 0.6) is 0 Å². The molecule has 0 fully saturated rings. The lowest BCUT2D eigenvalue weighted by Crippen LogP contribution is -2.14. The summed E-state index contributed by atoms with van der Waals surface area (Å²) in [5.41, 5.74) is 3.92. The Bertz CT molecular complexity index is 1110. The first kappa shape index (κ1) is 22.0. The van der Waals surface area contributed by atoms with E-state index in [-0.39, 0.29) is 23.3 Å². The van der Waals surface area contributed by atoms with E-state index in [0.717, 1.165) is 16.1 Å². The molecule has 8 heteroatoms. The number of nitrogens with one attached hydrogen (secondary N) is 2. The minimum Gasteiger partial charge on any atom is -0.325 e. The molecule has 0 aliphatic heterocycles. The van der Waals surface area contributed by atoms with Gasteiger partial charge in [-0.1, -0.05) is 6.07 Å². The number of benzene rings is 3. The molecule has 158 valence electrons. The standard InChI is InChI=1S/C23H21N3O4S/c1-15-3-6-19(13-16(15)2)24-22(27)14-31-21-11-7-18(8-12-21)25-23(28)17-4-9-20(10-5-17)26(29)30/h3-13H,14H2,1-2H3,(H,24,27)(H,25,28). The first-order valence-electron chi connectivity index (χ1n) is 9.47. The zero-order valence-electron chi connectivity index (χ0n) is 17.0. The van der Waals surface area contributed by atoms with Crippen LogP contribution in [-0.2, 0) is 4.79 Å². The molecule has 0 atom stereocenters. The molecule has 0 bridgehead atoms. The third kappa shape index (κ3) is 6.16. The van der Waals surface area contributed by atoms with Gasteiger partial charge in [0.2, 0.25) is 5.91 Å². The average molecular weight is 436 g/mol. The van der Waals surface area contributed by atoms with Gasteiger partial charge in [0.25, 0.3) is 11.6 Å². The molecule has 7 nitrogen and oxygen atoms in total. The van der Waals surface area contributed by atoms with Crippen LogP contribution >= 0.6 is 11.8 Å². The first-order chi connectivity index (χ1) is 14.8. The Hall–Kier alpha value is -3.65. The topological polar surface area (TPSA) is 101 Å². The molecule has 0 saturated carbocycles. The monoisotopic (exact) mass is 435 g/mol. The molecular formula is C23H21N3O4S. The molecule has 0 aliphatic carbocycles. The summed E-state index contributed by atoms with van der Waals surface area (Å²) in [6.07, 6.45) is 0. The Kier molecular flexibility index (Phi) is 7.04. The van der Waals surface area contributed by atoms with E-state index in [1.165, 1.54) is 41.6 Å². The van der Waals surface area contributed by atoms with Crippen LogP contribution in [-0.4, -0.2) is 22.5 Å². The molecule has 3 aromatic rings. The molecule has 0 heterocycles. The smallest absolute Gasteiger partial charge is 0.269 e. The Morgan fingerprint density at radius 2 is 1.52 bits per heavy atom. The first-order valence-corrected chi connectivity index (χ1v) is 10.5. The third-order valence-corrected chi connectivity index (χ3v) is 5.63. The summed E-state index contributed by atoms with van der Waals surface area (Å²) >= 11 is 1.39. The number of carbonyl (C=O) groups excluding carboxylic acids is 2. The Labute approximate surface area is 184 Å². The van der Waals surface area contributed by atoms with E-state index < -0.39 is 4.92 Å². The Morgan fingerprint density at radius 3 is 2.13 bits per heavy atom. The number of carbonyl (C=O) groups is 2. The average Bonchev–Trinajstić information content (AvgIpc) is 2.76. The fourth-order valence-corrected chi connectivity index (χ4v) is 3.44. The quantitative estimate of drug-likeness (QED) is 0.302. The van der Waals surface area contributed by atoms with Gasteiger partial charge in [-0.3, -0.25) is 19.7 Å². The second-order valence-electron chi connectivity index (χ2n) is 6.92. The van der Waals surface area contributed by atoms with Gasteiger partial charge in [-0.05, 0) is 73.5 Å². The molecular weight excluding hydrogens is 414 g/mol. The zero-order valence-corrected chi connectivity index (χ0v) is 17.9. The van der Waals surface area contributed by atoms with E-state index in [2.05, 4.69) is 10.6 Å². The van der Waals surface area contributed by atoms with Gasteiger partial charge in [-0.2, -0.15) is 0 Å². The molecule has 0 spiro atoms. The van der Waals surface area contributed by atoms with Gasteiger partial charge in [-0.25, -0.2) is 0 Å². The molecule has 0 radical (unpaired) electrons. The second-order valence-corrected chi connectivity index (χ2v) is 7.97. The van der Waals surface area contributed by atoms with Gasteiger partial charge >= 0.3 is 0 Å². The predicted molar refractivity (Wildman–Crippen MR) is 123 cm³/mol. The number of hydrogen-bond acceptors (Lipinski definition) is 5. The van der Waals surface area contributed by atoms with Gasteiger partial charge in [0, 0.05) is 34.0 Å². The minimum atomic E-state index is -0.514. The van der Waals surface area contributed by atoms with E-state index in [4.69, 9.17) is 0 Å². The summed E-state index contributed by atoms with van der Waals surface area (Å²) < 4.78 is 0. The van der Waals surface area contributed by atoms with Crippen LogP contribution in [0.25, 0.3) is 0 Å². The summed E-state index contributed by atoms with van der Waals surface area (Å²) in [4.78, 5) is 35.5. The maximum Gasteiger partial charge on any atom is 0.269 e. The van der Waals surface area contributed by atoms with E-state index in [1.54, 1.807) is 12.1 Å². The predicted octanol–water partition coefficient (Wildman–Crippen LogP) is 5.19. The van der Waals surface area contributed by atoms with Crippen LogP contribution in [0.2, 0.25) is 0 Å². The number of amides is 2. The van der Waals surface area contributed by atoms with Crippen LogP contribution in [0, 0.1) is 24.0 Å². The summed E-state index contributed by atoms with van der Waals surface area (Å²) in [5.74, 6) is -0.187. The van der Waals surface area contributed by atoms with E-state index >= 15 is 0 Å². The maximum absolute atomic E-state index is 12.3. The Balaban J connectivity index is 1.51. The third-order valence-electron chi connectivity index (χ3n) is 4.61. The van der Waals surface area contributed by atoms with Gasteiger partial charge in [0.15, 0.2) is 0 Å². The highest BCUT2D eigenvalue weighted by Crippen LogP contribution is 2.22. The molecule has 0 saturated heterocycles. The molecule has 2 amide bonds. The summed E-state index contributed by atoms with van der Waals surface area (Å²) in [5, 5.41) is 16.3. The highest BCUT2D eigenvalue weighted by atomic mass is 32.2. The van der Waals surface area contributed by atoms with Crippen LogP contribution in [0.3, 0.4) is 0 Å². The van der Waals surface area contributed by atoms with Crippen molar-refractivity contribution in [2.75, 3.05) is 16.4 Å². The van der Waals surface area contributed by atoms with Gasteiger partial charge in [0.05, 0.1) is 10.7 Å². The lowest BCUT2D eigenvalue weighted by Gasteiger charge is -2.08. The van der Waals surface area contributed by atoms with Crippen LogP contribution in [0.15, 0.2) is 71.6 Å². The summed E-state index contributed by atoms with van der Waals surface area (Å²) in [7, 11) is 0. The fraction of sp³-hybridized carbons (Fsp3) is 0.130. The molecule has 2 N–H and O–H groups in total. The van der Waals surface area contributed by atoms with E-state index in [9.17, 15) is 19.7 Å². The molecule has 31 heavy (non-hydrogen) atoms. The number of rotatable bonds is 7. The normalized spacial score (nSPS) is 10.4. The summed E-state index contributed by atoms with van der Waals surface area (Å²) in [6, 6.07) is 18.3. The highest BCUT2D eigenvalue weighted by molar-refractivity contribution is 8.00. The largest absolute Gasteiger partial charge is 0.325 e. The Morgan fingerprint density at radius 1 is 0.871 bits per heavy atom. The van der Waals surface area contributed by atoms with E-state index in [1.807, 2.05) is 44.2 Å². The molecule has 0 unspecified atom stereocenters. The van der Waals surface area contributed by atoms with Crippen molar-refractivity contribution in [3.05, 3.63) is 93.5 Å². The van der Waals surface area contributed by atoms with Crippen LogP contribution in [0.1, 0.15) is 21.5 Å². The van der Waals surface area contributed by atoms with Gasteiger partial charge in [0.1, 0.15) is 0 Å². The van der Waals surface area contributed by atoms with Crippen LogP contribution in [0.4, 0.5) is 17.1 Å². The number of nitrogens with zero attached hydrogens (tertiary/aromatic N) is 1. The lowest BCUT2D eigenvalue weighted by molar-refractivity contribution is -0.384. The molecule has 0 aromatic heterocycles. The van der Waals surface area contributed by atoms with Crippen molar-refractivity contribution in [1.82, 2.24) is 0 Å². The number of aryl methyl sites for hydroxylation is 2. The van der Waals surface area contributed by atoms with Gasteiger partial charge < -0.3 is 10.6 Å². The van der Waals surface area contributed by atoms with Crippen molar-refractivity contribution in [3.8, 4) is 0 Å². The fourth-order valence-electron chi connectivity index (χ4n) is 2.74. The van der Waals surface area contributed by atoms with Crippen molar-refractivity contribution in [2.45, 2.75) is 18.7 Å². The minimum absolute atomic E-state index is 0.0699. The van der Waals surface area contributed by atoms with Gasteiger partial charge in [-0.15, -0.1) is 11.8 Å². The number of thioether (sulfide) groups is 1. The zero-order chi connectivity index (χ0) is 22.4.